The largest absolute Gasteiger partial charge is 0.482 e. The Hall–Kier alpha value is -2.31. The molecule has 2 N–H and O–H groups in total. The molecule has 0 spiro atoms. The number of carbonyl (C=O) groups is 1. The minimum atomic E-state index is -0.214. The van der Waals surface area contributed by atoms with E-state index in [1.54, 1.807) is 30.0 Å². The number of aromatic nitrogens is 1. The predicted molar refractivity (Wildman–Crippen MR) is 134 cm³/mol. The van der Waals surface area contributed by atoms with Gasteiger partial charge in [-0.2, -0.15) is 0 Å². The third kappa shape index (κ3) is 5.54. The summed E-state index contributed by atoms with van der Waals surface area (Å²) in [5.74, 6) is 0.913. The van der Waals surface area contributed by atoms with Crippen LogP contribution in [0.3, 0.4) is 0 Å². The van der Waals surface area contributed by atoms with Crippen molar-refractivity contribution in [1.82, 2.24) is 10.3 Å². The molecule has 32 heavy (non-hydrogen) atoms. The van der Waals surface area contributed by atoms with Gasteiger partial charge >= 0.3 is 0 Å². The van der Waals surface area contributed by atoms with E-state index in [2.05, 4.69) is 22.4 Å². The summed E-state index contributed by atoms with van der Waals surface area (Å²) in [5, 5.41) is 5.61. The number of rotatable bonds is 8. The van der Waals surface area contributed by atoms with Gasteiger partial charge in [-0.25, -0.2) is 0 Å². The molecule has 1 heterocycles. The number of amides is 1. The second-order valence-electron chi connectivity index (χ2n) is 6.94. The molecule has 1 aromatic heterocycles. The number of carbonyl (C=O) groups excluding carboxylic acids is 1. The molecule has 0 saturated heterocycles. The van der Waals surface area contributed by atoms with Gasteiger partial charge in [0.05, 0.1) is 10.7 Å². The number of halogens is 3. The van der Waals surface area contributed by atoms with Crippen LogP contribution in [0.15, 0.2) is 71.6 Å². The van der Waals surface area contributed by atoms with Gasteiger partial charge in [-0.05, 0) is 42.0 Å². The highest BCUT2D eigenvalue weighted by Crippen LogP contribution is 2.37. The van der Waals surface area contributed by atoms with Crippen LogP contribution in [0.5, 0.6) is 5.75 Å². The summed E-state index contributed by atoms with van der Waals surface area (Å²) in [6.07, 6.45) is 0. The Balaban J connectivity index is 1.36. The van der Waals surface area contributed by atoms with E-state index in [-0.39, 0.29) is 12.5 Å². The Morgan fingerprint density at radius 1 is 0.969 bits per heavy atom. The zero-order valence-corrected chi connectivity index (χ0v) is 19.9. The normalized spacial score (nSPS) is 11.0. The Morgan fingerprint density at radius 3 is 2.50 bits per heavy atom. The van der Waals surface area contributed by atoms with E-state index in [4.69, 9.17) is 39.5 Å². The van der Waals surface area contributed by atoms with Crippen LogP contribution in [0, 0.1) is 0 Å². The molecule has 4 aromatic rings. The first-order chi connectivity index (χ1) is 15.5. The molecular weight excluding hydrogens is 487 g/mol. The molecule has 8 heteroatoms. The number of benzene rings is 3. The molecule has 1 amide bonds. The number of hydrogen-bond donors (Lipinski definition) is 2. The van der Waals surface area contributed by atoms with Gasteiger partial charge in [0.1, 0.15) is 5.75 Å². The molecule has 3 aromatic carbocycles. The third-order valence-corrected chi connectivity index (χ3v) is 6.62. The van der Waals surface area contributed by atoms with Gasteiger partial charge in [-0.15, -0.1) is 11.8 Å². The molecule has 0 atom stereocenters. The van der Waals surface area contributed by atoms with Crippen LogP contribution in [0.25, 0.3) is 22.2 Å². The van der Waals surface area contributed by atoms with Crippen LogP contribution < -0.4 is 10.1 Å². The maximum atomic E-state index is 12.2. The van der Waals surface area contributed by atoms with Crippen LogP contribution in [0.4, 0.5) is 0 Å². The molecule has 164 valence electrons. The van der Waals surface area contributed by atoms with E-state index in [9.17, 15) is 4.79 Å². The Kier molecular flexibility index (Phi) is 7.53. The molecule has 0 aliphatic carbocycles. The van der Waals surface area contributed by atoms with Crippen molar-refractivity contribution in [2.75, 3.05) is 18.9 Å². The lowest BCUT2D eigenvalue weighted by Crippen LogP contribution is -2.30. The van der Waals surface area contributed by atoms with Crippen LogP contribution in [0.1, 0.15) is 0 Å². The van der Waals surface area contributed by atoms with E-state index in [0.29, 0.717) is 33.1 Å². The molecule has 0 aliphatic heterocycles. The molecule has 0 unspecified atom stereocenters. The highest BCUT2D eigenvalue weighted by molar-refractivity contribution is 7.99. The third-order valence-electron chi connectivity index (χ3n) is 4.71. The van der Waals surface area contributed by atoms with Gasteiger partial charge in [-0.1, -0.05) is 65.1 Å². The fraction of sp³-hybridized carbons (Fsp3) is 0.125. The van der Waals surface area contributed by atoms with Crippen molar-refractivity contribution in [2.24, 2.45) is 0 Å². The molecule has 0 fully saturated rings. The summed E-state index contributed by atoms with van der Waals surface area (Å²) in [7, 11) is 0. The molecule has 4 rings (SSSR count). The summed E-state index contributed by atoms with van der Waals surface area (Å²) in [5.41, 5.74) is 3.17. The first kappa shape index (κ1) is 22.9. The molecular formula is C24H19Cl3N2O2S. The SMILES string of the molecule is O=C(COc1ccc(Cl)cc1Cl)NCCSc1c(-c2ccc(Cl)cc2)[nH]c2ccccc12. The van der Waals surface area contributed by atoms with Crippen LogP contribution in [0.2, 0.25) is 15.1 Å². The number of ether oxygens (including phenoxy) is 1. The van der Waals surface area contributed by atoms with E-state index >= 15 is 0 Å². The Bertz CT molecular complexity index is 1240. The maximum Gasteiger partial charge on any atom is 0.257 e. The average molecular weight is 506 g/mol. The molecule has 4 nitrogen and oxygen atoms in total. The van der Waals surface area contributed by atoms with Gasteiger partial charge in [0.15, 0.2) is 6.61 Å². The zero-order valence-electron chi connectivity index (χ0n) is 16.8. The van der Waals surface area contributed by atoms with Crippen LogP contribution >= 0.6 is 46.6 Å². The second kappa shape index (κ2) is 10.5. The zero-order chi connectivity index (χ0) is 22.5. The van der Waals surface area contributed by atoms with Gasteiger partial charge in [0, 0.05) is 38.1 Å². The summed E-state index contributed by atoms with van der Waals surface area (Å²) >= 11 is 19.7. The van der Waals surface area contributed by atoms with E-state index in [1.165, 1.54) is 0 Å². The molecule has 0 radical (unpaired) electrons. The number of fused-ring (bicyclic) bond motifs is 1. The summed E-state index contributed by atoms with van der Waals surface area (Å²) in [4.78, 5) is 16.8. The van der Waals surface area contributed by atoms with E-state index in [0.717, 1.165) is 27.1 Å². The topological polar surface area (TPSA) is 54.1 Å². The minimum Gasteiger partial charge on any atom is -0.482 e. The number of aromatic amines is 1. The van der Waals surface area contributed by atoms with E-state index in [1.807, 2.05) is 36.4 Å². The fourth-order valence-corrected chi connectivity index (χ4v) is 4.86. The summed E-state index contributed by atoms with van der Waals surface area (Å²) < 4.78 is 5.48. The number of nitrogens with one attached hydrogen (secondary N) is 2. The Labute approximate surface area is 205 Å². The average Bonchev–Trinajstić information content (AvgIpc) is 3.15. The monoisotopic (exact) mass is 504 g/mol. The number of para-hydroxylation sites is 1. The van der Waals surface area contributed by atoms with Crippen molar-refractivity contribution in [3.63, 3.8) is 0 Å². The minimum absolute atomic E-state index is 0.116. The van der Waals surface area contributed by atoms with Gasteiger partial charge in [0.2, 0.25) is 0 Å². The van der Waals surface area contributed by atoms with Crippen molar-refractivity contribution in [3.05, 3.63) is 81.8 Å². The van der Waals surface area contributed by atoms with Crippen LogP contribution in [-0.4, -0.2) is 29.8 Å². The first-order valence-electron chi connectivity index (χ1n) is 9.85. The smallest absolute Gasteiger partial charge is 0.257 e. The van der Waals surface area contributed by atoms with Crippen LogP contribution in [-0.2, 0) is 4.79 Å². The predicted octanol–water partition coefficient (Wildman–Crippen LogP) is 7.08. The second-order valence-corrected chi connectivity index (χ2v) is 9.33. The van der Waals surface area contributed by atoms with Crippen molar-refractivity contribution in [1.29, 1.82) is 0 Å². The lowest BCUT2D eigenvalue weighted by atomic mass is 10.1. The standard InChI is InChI=1S/C24H19Cl3N2O2S/c25-16-7-5-15(6-8-16)23-24(18-3-1-2-4-20(18)29-23)32-12-11-28-22(30)14-31-21-10-9-17(26)13-19(21)27/h1-10,13,29H,11-12,14H2,(H,28,30). The summed E-state index contributed by atoms with van der Waals surface area (Å²) in [6, 6.07) is 20.8. The number of thioether (sulfide) groups is 1. The van der Waals surface area contributed by atoms with Crippen molar-refractivity contribution < 1.29 is 9.53 Å². The highest BCUT2D eigenvalue weighted by atomic mass is 35.5. The maximum absolute atomic E-state index is 12.2. The van der Waals surface area contributed by atoms with Gasteiger partial charge in [0.25, 0.3) is 5.91 Å². The highest BCUT2D eigenvalue weighted by Gasteiger charge is 2.14. The lowest BCUT2D eigenvalue weighted by molar-refractivity contribution is -0.122. The lowest BCUT2D eigenvalue weighted by Gasteiger charge is -2.09. The Morgan fingerprint density at radius 2 is 1.72 bits per heavy atom. The van der Waals surface area contributed by atoms with E-state index < -0.39 is 0 Å². The summed E-state index contributed by atoms with van der Waals surface area (Å²) in [6.45, 7) is 0.385. The van der Waals surface area contributed by atoms with Gasteiger partial charge < -0.3 is 15.0 Å². The fourth-order valence-electron chi connectivity index (χ4n) is 3.22. The quantitative estimate of drug-likeness (QED) is 0.199. The number of H-pyrrole nitrogens is 1. The first-order valence-corrected chi connectivity index (χ1v) is 12.0. The molecule has 0 bridgehead atoms. The molecule has 0 saturated carbocycles. The number of hydrogen-bond acceptors (Lipinski definition) is 3. The van der Waals surface area contributed by atoms with Crippen molar-refractivity contribution in [3.8, 4) is 17.0 Å². The van der Waals surface area contributed by atoms with Crippen molar-refractivity contribution >= 4 is 63.4 Å². The van der Waals surface area contributed by atoms with Crippen molar-refractivity contribution in [2.45, 2.75) is 4.90 Å². The molecule has 0 aliphatic rings. The van der Waals surface area contributed by atoms with Gasteiger partial charge in [-0.3, -0.25) is 4.79 Å².